The molecule has 0 aliphatic carbocycles. The molecule has 0 aromatic heterocycles. The Kier molecular flexibility index (Phi) is 6.90. The number of amides is 2. The molecule has 0 N–H and O–H groups in total. The van der Waals surface area contributed by atoms with Crippen LogP contribution in [0.1, 0.15) is 25.0 Å². The van der Waals surface area contributed by atoms with Crippen LogP contribution in [0.2, 0.25) is 0 Å². The predicted octanol–water partition coefficient (Wildman–Crippen LogP) is 2.08. The van der Waals surface area contributed by atoms with Gasteiger partial charge in [0, 0.05) is 65.0 Å². The molecule has 2 saturated heterocycles. The van der Waals surface area contributed by atoms with E-state index in [-0.39, 0.29) is 24.0 Å². The largest absolute Gasteiger partial charge is 0.418 e. The second kappa shape index (κ2) is 9.24. The molecule has 0 bridgehead atoms. The van der Waals surface area contributed by atoms with Crippen molar-refractivity contribution >= 4 is 17.5 Å². The van der Waals surface area contributed by atoms with Crippen molar-refractivity contribution in [1.82, 2.24) is 14.7 Å². The van der Waals surface area contributed by atoms with Gasteiger partial charge in [-0.3, -0.25) is 14.5 Å². The van der Waals surface area contributed by atoms with Gasteiger partial charge in [-0.05, 0) is 24.1 Å². The molecule has 1 aromatic rings. The first kappa shape index (κ1) is 22.4. The van der Waals surface area contributed by atoms with Crippen molar-refractivity contribution in [3.8, 4) is 0 Å². The molecule has 166 valence electrons. The Morgan fingerprint density at radius 2 is 1.53 bits per heavy atom. The molecule has 0 saturated carbocycles. The summed E-state index contributed by atoms with van der Waals surface area (Å²) in [6.45, 7) is 7.75. The van der Waals surface area contributed by atoms with Gasteiger partial charge < -0.3 is 14.7 Å². The van der Waals surface area contributed by atoms with Crippen LogP contribution in [0.15, 0.2) is 18.2 Å². The number of hydrogen-bond acceptors (Lipinski definition) is 4. The Balaban J connectivity index is 1.56. The van der Waals surface area contributed by atoms with Crippen molar-refractivity contribution < 1.29 is 22.8 Å². The number of nitrogens with zero attached hydrogens (tertiary/aromatic N) is 4. The zero-order chi connectivity index (χ0) is 21.9. The molecule has 0 unspecified atom stereocenters. The van der Waals surface area contributed by atoms with Crippen LogP contribution < -0.4 is 4.90 Å². The van der Waals surface area contributed by atoms with Crippen molar-refractivity contribution in [2.24, 2.45) is 0 Å². The van der Waals surface area contributed by atoms with E-state index in [9.17, 15) is 22.8 Å². The lowest BCUT2D eigenvalue weighted by Gasteiger charge is -2.39. The molecular weight excluding hydrogens is 397 g/mol. The summed E-state index contributed by atoms with van der Waals surface area (Å²) in [5.74, 6) is 0.0330. The minimum absolute atomic E-state index is 0.0108. The van der Waals surface area contributed by atoms with Crippen LogP contribution >= 0.6 is 0 Å². The van der Waals surface area contributed by atoms with E-state index >= 15 is 0 Å². The highest BCUT2D eigenvalue weighted by Gasteiger charge is 2.36. The number of rotatable bonds is 4. The molecule has 6 nitrogen and oxygen atoms in total. The molecule has 0 radical (unpaired) electrons. The molecule has 2 aliphatic heterocycles. The normalized spacial score (nSPS) is 18.6. The third-order valence-corrected chi connectivity index (χ3v) is 5.92. The van der Waals surface area contributed by atoms with Crippen LogP contribution in [-0.2, 0) is 22.2 Å². The predicted molar refractivity (Wildman–Crippen MR) is 108 cm³/mol. The van der Waals surface area contributed by atoms with Crippen LogP contribution in [-0.4, -0.2) is 85.4 Å². The molecule has 3 rings (SSSR count). The number of alkyl halides is 3. The average Bonchev–Trinajstić information content (AvgIpc) is 2.73. The van der Waals surface area contributed by atoms with Gasteiger partial charge in [0.15, 0.2) is 0 Å². The summed E-state index contributed by atoms with van der Waals surface area (Å²) in [7, 11) is 0. The SMILES string of the molecule is CCc1ccc(N2CCN(C(=O)CN3CCN(C(C)=O)CC3)CC2)c(C(F)(F)F)c1. The summed E-state index contributed by atoms with van der Waals surface area (Å²) in [5.41, 5.74) is 0.238. The minimum Gasteiger partial charge on any atom is -0.367 e. The van der Waals surface area contributed by atoms with E-state index in [0.717, 1.165) is 0 Å². The Morgan fingerprint density at radius 1 is 0.933 bits per heavy atom. The number of hydrogen-bond donors (Lipinski definition) is 0. The van der Waals surface area contributed by atoms with Crippen LogP contribution in [0.25, 0.3) is 0 Å². The van der Waals surface area contributed by atoms with Gasteiger partial charge in [-0.15, -0.1) is 0 Å². The van der Waals surface area contributed by atoms with Crippen LogP contribution in [0.4, 0.5) is 18.9 Å². The first-order chi connectivity index (χ1) is 14.2. The zero-order valence-corrected chi connectivity index (χ0v) is 17.5. The van der Waals surface area contributed by atoms with Crippen LogP contribution in [0.5, 0.6) is 0 Å². The third kappa shape index (κ3) is 5.24. The lowest BCUT2D eigenvalue weighted by atomic mass is 10.0. The van der Waals surface area contributed by atoms with Gasteiger partial charge in [-0.1, -0.05) is 13.0 Å². The molecule has 0 spiro atoms. The molecular formula is C21H29F3N4O2. The number of carbonyl (C=O) groups excluding carboxylic acids is 2. The molecule has 2 fully saturated rings. The molecule has 1 aromatic carbocycles. The van der Waals surface area contributed by atoms with Crippen LogP contribution in [0.3, 0.4) is 0 Å². The number of carbonyl (C=O) groups is 2. The number of benzene rings is 1. The monoisotopic (exact) mass is 426 g/mol. The van der Waals surface area contributed by atoms with E-state index in [4.69, 9.17) is 0 Å². The van der Waals surface area contributed by atoms with Crippen molar-refractivity contribution in [3.05, 3.63) is 29.3 Å². The molecule has 0 atom stereocenters. The lowest BCUT2D eigenvalue weighted by Crippen LogP contribution is -2.54. The quantitative estimate of drug-likeness (QED) is 0.740. The number of piperazine rings is 2. The van der Waals surface area contributed by atoms with Gasteiger partial charge in [0.2, 0.25) is 11.8 Å². The maximum atomic E-state index is 13.5. The highest BCUT2D eigenvalue weighted by molar-refractivity contribution is 5.79. The Morgan fingerprint density at radius 3 is 2.07 bits per heavy atom. The minimum atomic E-state index is -4.41. The second-order valence-electron chi connectivity index (χ2n) is 7.85. The van der Waals surface area contributed by atoms with E-state index in [2.05, 4.69) is 0 Å². The maximum Gasteiger partial charge on any atom is 0.418 e. The third-order valence-electron chi connectivity index (χ3n) is 5.92. The van der Waals surface area contributed by atoms with Crippen molar-refractivity contribution in [3.63, 3.8) is 0 Å². The topological polar surface area (TPSA) is 47.1 Å². The Hall–Kier alpha value is -2.29. The Bertz CT molecular complexity index is 768. The fourth-order valence-electron chi connectivity index (χ4n) is 4.01. The van der Waals surface area contributed by atoms with E-state index in [1.54, 1.807) is 33.8 Å². The van der Waals surface area contributed by atoms with E-state index in [0.29, 0.717) is 64.3 Å². The summed E-state index contributed by atoms with van der Waals surface area (Å²) in [5, 5.41) is 0. The summed E-state index contributed by atoms with van der Waals surface area (Å²) in [6, 6.07) is 4.52. The highest BCUT2D eigenvalue weighted by atomic mass is 19.4. The lowest BCUT2D eigenvalue weighted by molar-refractivity contribution is -0.138. The van der Waals surface area contributed by atoms with E-state index in [1.165, 1.54) is 6.07 Å². The number of anilines is 1. The average molecular weight is 426 g/mol. The van der Waals surface area contributed by atoms with Gasteiger partial charge in [0.1, 0.15) is 0 Å². The molecule has 2 aliphatic rings. The summed E-state index contributed by atoms with van der Waals surface area (Å²) < 4.78 is 40.6. The molecule has 9 heteroatoms. The van der Waals surface area contributed by atoms with Gasteiger partial charge in [-0.2, -0.15) is 13.2 Å². The standard InChI is InChI=1S/C21H29F3N4O2/c1-3-17-4-5-19(18(14-17)21(22,23)24)27-10-12-28(13-11-27)20(30)15-25-6-8-26(9-7-25)16(2)29/h4-5,14H,3,6-13,15H2,1-2H3. The van der Waals surface area contributed by atoms with Crippen molar-refractivity contribution in [2.75, 3.05) is 63.8 Å². The summed E-state index contributed by atoms with van der Waals surface area (Å²) in [4.78, 5) is 31.3. The highest BCUT2D eigenvalue weighted by Crippen LogP contribution is 2.37. The zero-order valence-electron chi connectivity index (χ0n) is 17.5. The number of halogens is 3. The molecule has 2 amide bonds. The van der Waals surface area contributed by atoms with Gasteiger partial charge in [-0.25, -0.2) is 0 Å². The van der Waals surface area contributed by atoms with Gasteiger partial charge in [0.25, 0.3) is 0 Å². The first-order valence-electron chi connectivity index (χ1n) is 10.4. The van der Waals surface area contributed by atoms with Crippen LogP contribution in [0, 0.1) is 0 Å². The molecule has 2 heterocycles. The smallest absolute Gasteiger partial charge is 0.367 e. The first-order valence-corrected chi connectivity index (χ1v) is 10.4. The van der Waals surface area contributed by atoms with Gasteiger partial charge in [0.05, 0.1) is 12.1 Å². The summed E-state index contributed by atoms with van der Waals surface area (Å²) >= 11 is 0. The van der Waals surface area contributed by atoms with Gasteiger partial charge >= 0.3 is 6.18 Å². The molecule has 30 heavy (non-hydrogen) atoms. The van der Waals surface area contributed by atoms with Crippen molar-refractivity contribution in [2.45, 2.75) is 26.4 Å². The second-order valence-corrected chi connectivity index (χ2v) is 7.85. The fourth-order valence-corrected chi connectivity index (χ4v) is 4.01. The number of aryl methyl sites for hydroxylation is 1. The maximum absolute atomic E-state index is 13.5. The Labute approximate surface area is 175 Å². The fraction of sp³-hybridized carbons (Fsp3) is 0.619. The van der Waals surface area contributed by atoms with E-state index in [1.807, 2.05) is 11.8 Å². The van der Waals surface area contributed by atoms with Crippen molar-refractivity contribution in [1.29, 1.82) is 0 Å². The summed E-state index contributed by atoms with van der Waals surface area (Å²) in [6.07, 6.45) is -3.86. The van der Waals surface area contributed by atoms with E-state index < -0.39 is 11.7 Å².